The van der Waals surface area contributed by atoms with Crippen LogP contribution in [0.1, 0.15) is 33.0 Å². The average Bonchev–Trinajstić information content (AvgIpc) is 3.56. The second kappa shape index (κ2) is 10.2. The zero-order valence-corrected chi connectivity index (χ0v) is 20.7. The van der Waals surface area contributed by atoms with E-state index in [4.69, 9.17) is 11.6 Å². The summed E-state index contributed by atoms with van der Waals surface area (Å²) in [5, 5.41) is 8.19. The molecule has 0 amide bonds. The Morgan fingerprint density at radius 2 is 1.60 bits per heavy atom. The van der Waals surface area contributed by atoms with Crippen molar-refractivity contribution in [3.05, 3.63) is 113 Å². The third kappa shape index (κ3) is 5.32. The molecule has 5 rings (SSSR count). The van der Waals surface area contributed by atoms with Crippen LogP contribution in [0.4, 0.5) is 26.3 Å². The lowest BCUT2D eigenvalue weighted by Crippen LogP contribution is -2.14. The lowest BCUT2D eigenvalue weighted by atomic mass is 10.0. The number of alkyl halides is 6. The number of hydrogen-bond donors (Lipinski definition) is 0. The van der Waals surface area contributed by atoms with Gasteiger partial charge in [-0.25, -0.2) is 9.67 Å². The summed E-state index contributed by atoms with van der Waals surface area (Å²) in [7, 11) is 0. The summed E-state index contributed by atoms with van der Waals surface area (Å²) in [6, 6.07) is 11.0. The van der Waals surface area contributed by atoms with Crippen molar-refractivity contribution in [1.82, 2.24) is 29.5 Å². The second-order valence-electron chi connectivity index (χ2n) is 8.50. The van der Waals surface area contributed by atoms with Gasteiger partial charge in [-0.15, -0.1) is 5.10 Å². The normalized spacial score (nSPS) is 12.1. The Morgan fingerprint density at radius 3 is 2.23 bits per heavy atom. The lowest BCUT2D eigenvalue weighted by Gasteiger charge is -2.15. The highest BCUT2D eigenvalue weighted by atomic mass is 35.5. The van der Waals surface area contributed by atoms with Crippen LogP contribution in [-0.2, 0) is 18.9 Å². The minimum atomic E-state index is -5.03. The van der Waals surface area contributed by atoms with E-state index in [1.165, 1.54) is 35.4 Å². The summed E-state index contributed by atoms with van der Waals surface area (Å²) < 4.78 is 83.0. The van der Waals surface area contributed by atoms with E-state index < -0.39 is 35.8 Å². The first-order valence-corrected chi connectivity index (χ1v) is 11.8. The van der Waals surface area contributed by atoms with Crippen LogP contribution in [-0.4, -0.2) is 35.3 Å². The molecule has 0 aliphatic heterocycles. The minimum Gasteiger partial charge on any atom is -0.295 e. The van der Waals surface area contributed by atoms with Crippen LogP contribution in [0.5, 0.6) is 0 Å². The van der Waals surface area contributed by atoms with Crippen molar-refractivity contribution in [2.45, 2.75) is 18.9 Å². The van der Waals surface area contributed by atoms with Gasteiger partial charge in [0.2, 0.25) is 0 Å². The first-order valence-electron chi connectivity index (χ1n) is 11.4. The van der Waals surface area contributed by atoms with Crippen molar-refractivity contribution in [2.75, 3.05) is 0 Å². The topological polar surface area (TPSA) is 78.5 Å². The van der Waals surface area contributed by atoms with E-state index in [0.29, 0.717) is 28.4 Å². The summed E-state index contributed by atoms with van der Waals surface area (Å²) in [4.78, 5) is 21.8. The van der Waals surface area contributed by atoms with Gasteiger partial charge in [0.15, 0.2) is 11.5 Å². The maximum atomic E-state index is 13.7. The van der Waals surface area contributed by atoms with Gasteiger partial charge in [0, 0.05) is 30.4 Å². The standard InChI is InChI=1S/C26H15ClF6N6O/c27-19-5-1-2-6-20(19)38-9-8-35-24(38)23(40)21-22(16-4-3-7-34-13-16)39(37-36-21)14-15-10-17(25(28,29)30)12-18(11-15)26(31,32)33/h1-13H,14H2. The van der Waals surface area contributed by atoms with Gasteiger partial charge in [-0.05, 0) is 48.0 Å². The van der Waals surface area contributed by atoms with E-state index >= 15 is 0 Å². The van der Waals surface area contributed by atoms with E-state index in [2.05, 4.69) is 20.3 Å². The first-order chi connectivity index (χ1) is 18.9. The maximum Gasteiger partial charge on any atom is 0.416 e. The number of benzene rings is 2. The second-order valence-corrected chi connectivity index (χ2v) is 8.91. The number of imidazole rings is 1. The van der Waals surface area contributed by atoms with Gasteiger partial charge >= 0.3 is 12.4 Å². The molecule has 0 fully saturated rings. The van der Waals surface area contributed by atoms with Crippen LogP contribution >= 0.6 is 11.6 Å². The van der Waals surface area contributed by atoms with Gasteiger partial charge in [-0.2, -0.15) is 26.3 Å². The molecule has 0 saturated heterocycles. The van der Waals surface area contributed by atoms with Crippen molar-refractivity contribution >= 4 is 17.4 Å². The van der Waals surface area contributed by atoms with Crippen molar-refractivity contribution in [3.63, 3.8) is 0 Å². The highest BCUT2D eigenvalue weighted by molar-refractivity contribution is 6.32. The van der Waals surface area contributed by atoms with Crippen LogP contribution in [0, 0.1) is 0 Å². The molecule has 0 radical (unpaired) electrons. The fourth-order valence-electron chi connectivity index (χ4n) is 4.07. The van der Waals surface area contributed by atoms with E-state index in [1.54, 1.807) is 30.3 Å². The van der Waals surface area contributed by atoms with E-state index in [1.807, 2.05) is 0 Å². The van der Waals surface area contributed by atoms with Gasteiger partial charge in [0.05, 0.1) is 28.4 Å². The number of pyridine rings is 1. The number of para-hydroxylation sites is 1. The Morgan fingerprint density at radius 1 is 0.900 bits per heavy atom. The Bertz CT molecular complexity index is 1660. The molecule has 7 nitrogen and oxygen atoms in total. The van der Waals surface area contributed by atoms with Gasteiger partial charge in [0.1, 0.15) is 5.69 Å². The van der Waals surface area contributed by atoms with Crippen LogP contribution in [0.2, 0.25) is 5.02 Å². The molecular weight excluding hydrogens is 562 g/mol. The Kier molecular flexibility index (Phi) is 6.92. The monoisotopic (exact) mass is 576 g/mol. The number of nitrogens with zero attached hydrogens (tertiary/aromatic N) is 6. The number of carbonyl (C=O) groups is 1. The maximum absolute atomic E-state index is 13.7. The van der Waals surface area contributed by atoms with Gasteiger partial charge < -0.3 is 0 Å². The Labute approximate surface area is 226 Å². The molecule has 204 valence electrons. The molecule has 3 aromatic heterocycles. The van der Waals surface area contributed by atoms with Crippen LogP contribution < -0.4 is 0 Å². The Balaban J connectivity index is 1.62. The fraction of sp³-hybridized carbons (Fsp3) is 0.115. The van der Waals surface area contributed by atoms with Gasteiger partial charge in [-0.3, -0.25) is 14.3 Å². The number of carbonyl (C=O) groups excluding carboxylic acids is 1. The third-order valence-electron chi connectivity index (χ3n) is 5.82. The molecule has 0 N–H and O–H groups in total. The molecule has 0 atom stereocenters. The van der Waals surface area contributed by atoms with Gasteiger partial charge in [-0.1, -0.05) is 28.9 Å². The third-order valence-corrected chi connectivity index (χ3v) is 6.14. The molecule has 5 aromatic rings. The molecule has 0 bridgehead atoms. The molecule has 14 heteroatoms. The number of rotatable bonds is 6. The summed E-state index contributed by atoms with van der Waals surface area (Å²) in [6.07, 6.45) is -4.37. The lowest BCUT2D eigenvalue weighted by molar-refractivity contribution is -0.143. The molecule has 2 aromatic carbocycles. The number of ketones is 1. The van der Waals surface area contributed by atoms with Crippen molar-refractivity contribution < 1.29 is 31.1 Å². The van der Waals surface area contributed by atoms with Crippen molar-refractivity contribution in [3.8, 4) is 16.9 Å². The predicted molar refractivity (Wildman–Crippen MR) is 131 cm³/mol. The molecule has 3 heterocycles. The smallest absolute Gasteiger partial charge is 0.295 e. The predicted octanol–water partition coefficient (Wildman–Crippen LogP) is 6.50. The number of hydrogen-bond acceptors (Lipinski definition) is 5. The Hall–Kier alpha value is -4.52. The largest absolute Gasteiger partial charge is 0.416 e. The average molecular weight is 577 g/mol. The minimum absolute atomic E-state index is 0.0257. The molecule has 0 aliphatic carbocycles. The fourth-order valence-corrected chi connectivity index (χ4v) is 4.29. The first kappa shape index (κ1) is 27.1. The molecule has 0 saturated carbocycles. The zero-order chi connectivity index (χ0) is 28.7. The summed E-state index contributed by atoms with van der Waals surface area (Å²) in [5.41, 5.74) is -2.77. The zero-order valence-electron chi connectivity index (χ0n) is 19.9. The number of halogens is 7. The van der Waals surface area contributed by atoms with Crippen LogP contribution in [0.25, 0.3) is 16.9 Å². The van der Waals surface area contributed by atoms with Crippen LogP contribution in [0.15, 0.2) is 79.4 Å². The van der Waals surface area contributed by atoms with Crippen LogP contribution in [0.3, 0.4) is 0 Å². The highest BCUT2D eigenvalue weighted by Gasteiger charge is 2.37. The SMILES string of the molecule is O=C(c1nnn(Cc2cc(C(F)(F)F)cc(C(F)(F)F)c2)c1-c1cccnc1)c1nccn1-c1ccccc1Cl. The van der Waals surface area contributed by atoms with Crippen molar-refractivity contribution in [2.24, 2.45) is 0 Å². The molecule has 0 spiro atoms. The molecule has 40 heavy (non-hydrogen) atoms. The number of aromatic nitrogens is 6. The molecule has 0 unspecified atom stereocenters. The highest BCUT2D eigenvalue weighted by Crippen LogP contribution is 2.37. The summed E-state index contributed by atoms with van der Waals surface area (Å²) >= 11 is 6.29. The van der Waals surface area contributed by atoms with E-state index in [-0.39, 0.29) is 28.8 Å². The van der Waals surface area contributed by atoms with E-state index in [0.717, 1.165) is 4.68 Å². The van der Waals surface area contributed by atoms with E-state index in [9.17, 15) is 31.1 Å². The molecule has 0 aliphatic rings. The van der Waals surface area contributed by atoms with Gasteiger partial charge in [0.25, 0.3) is 5.78 Å². The summed E-state index contributed by atoms with van der Waals surface area (Å²) in [5.74, 6) is -0.807. The van der Waals surface area contributed by atoms with Crippen molar-refractivity contribution in [1.29, 1.82) is 0 Å². The quantitative estimate of drug-likeness (QED) is 0.170. The summed E-state index contributed by atoms with van der Waals surface area (Å²) in [6.45, 7) is -0.559. The molecular formula is C26H15ClF6N6O.